The van der Waals surface area contributed by atoms with E-state index in [1.165, 1.54) is 4.46 Å². The van der Waals surface area contributed by atoms with Crippen LogP contribution >= 0.6 is 0 Å². The van der Waals surface area contributed by atoms with Crippen LogP contribution in [0, 0.1) is 0 Å². The number of methoxy groups -OCH3 is 1. The van der Waals surface area contributed by atoms with Gasteiger partial charge in [0.25, 0.3) is 0 Å². The molecule has 0 amide bonds. The van der Waals surface area contributed by atoms with Crippen molar-refractivity contribution in [2.45, 2.75) is 0 Å². The van der Waals surface area contributed by atoms with Crippen LogP contribution in [0.5, 0.6) is 11.5 Å². The Morgan fingerprint density at radius 2 is 1.65 bits per heavy atom. The molecule has 3 aromatic carbocycles. The Morgan fingerprint density at radius 3 is 2.40 bits per heavy atom. The van der Waals surface area contributed by atoms with Crippen LogP contribution in [0.4, 0.5) is 0 Å². The van der Waals surface area contributed by atoms with E-state index in [-0.39, 0.29) is 15.0 Å². The minimum atomic E-state index is 0.0667. The molecule has 0 spiro atoms. The number of rotatable bonds is 3. The molecule has 0 radical (unpaired) electrons. The van der Waals surface area contributed by atoms with Crippen molar-refractivity contribution in [1.82, 2.24) is 0 Å². The number of hydrogen-bond acceptors (Lipinski definition) is 2. The van der Waals surface area contributed by atoms with Gasteiger partial charge >= 0.3 is 124 Å². The Morgan fingerprint density at radius 1 is 0.900 bits per heavy atom. The first-order valence-electron chi connectivity index (χ1n) is 6.30. The predicted octanol–water partition coefficient (Wildman–Crippen LogP) is 2.21. The number of hydrogen-bond donors (Lipinski definition) is 1. The zero-order valence-electron chi connectivity index (χ0n) is 11.0. The number of phenols is 1. The number of fused-ring (bicyclic) bond motifs is 1. The Bertz CT molecular complexity index is 736. The summed E-state index contributed by atoms with van der Waals surface area (Å²) in [5, 5.41) is 12.5. The molecule has 0 saturated carbocycles. The standard InChI is InChI=1S/C17H14O2Se/c1-19-13-7-9-14(10-8-13)20-17-15-5-3-2-4-12(15)6-11-16(17)18/h2-11,18H,1H3. The Labute approximate surface area is 124 Å². The van der Waals surface area contributed by atoms with Gasteiger partial charge in [-0.25, -0.2) is 0 Å². The van der Waals surface area contributed by atoms with Crippen molar-refractivity contribution in [1.29, 1.82) is 0 Å². The van der Waals surface area contributed by atoms with E-state index in [1.807, 2.05) is 30.3 Å². The number of phenolic OH excluding ortho intramolecular Hbond substituents is 1. The van der Waals surface area contributed by atoms with Gasteiger partial charge in [0.2, 0.25) is 0 Å². The Hall–Kier alpha value is -1.96. The van der Waals surface area contributed by atoms with E-state index in [9.17, 15) is 5.11 Å². The predicted molar refractivity (Wildman–Crippen MR) is 83.6 cm³/mol. The van der Waals surface area contributed by atoms with E-state index < -0.39 is 0 Å². The van der Waals surface area contributed by atoms with Gasteiger partial charge in [-0.1, -0.05) is 0 Å². The van der Waals surface area contributed by atoms with Crippen molar-refractivity contribution in [3.8, 4) is 11.5 Å². The summed E-state index contributed by atoms with van der Waals surface area (Å²) in [6.45, 7) is 0. The average Bonchev–Trinajstić information content (AvgIpc) is 2.51. The zero-order chi connectivity index (χ0) is 13.9. The summed E-state index contributed by atoms with van der Waals surface area (Å²) in [7, 11) is 1.66. The number of aromatic hydroxyl groups is 1. The quantitative estimate of drug-likeness (QED) is 0.747. The number of benzene rings is 3. The molecule has 0 atom stereocenters. The fourth-order valence-electron chi connectivity index (χ4n) is 2.10. The molecule has 0 bridgehead atoms. The summed E-state index contributed by atoms with van der Waals surface area (Å²) >= 11 is 0.0667. The van der Waals surface area contributed by atoms with Crippen molar-refractivity contribution < 1.29 is 9.84 Å². The summed E-state index contributed by atoms with van der Waals surface area (Å²) in [5.41, 5.74) is 0. The van der Waals surface area contributed by atoms with Crippen molar-refractivity contribution in [2.75, 3.05) is 7.11 Å². The molecular formula is C17H14O2Se. The summed E-state index contributed by atoms with van der Waals surface area (Å²) in [6, 6.07) is 19.9. The van der Waals surface area contributed by atoms with E-state index in [4.69, 9.17) is 4.74 Å². The third kappa shape index (κ3) is 2.51. The summed E-state index contributed by atoms with van der Waals surface area (Å²) in [6.07, 6.45) is 0. The fourth-order valence-corrected chi connectivity index (χ4v) is 4.15. The van der Waals surface area contributed by atoms with Gasteiger partial charge in [-0.2, -0.15) is 0 Å². The maximum atomic E-state index is 10.2. The van der Waals surface area contributed by atoms with Crippen molar-refractivity contribution in [3.05, 3.63) is 60.7 Å². The van der Waals surface area contributed by atoms with E-state index in [0.29, 0.717) is 5.75 Å². The van der Waals surface area contributed by atoms with Gasteiger partial charge in [0.1, 0.15) is 0 Å². The van der Waals surface area contributed by atoms with E-state index in [2.05, 4.69) is 24.3 Å². The molecule has 3 aromatic rings. The van der Waals surface area contributed by atoms with Gasteiger partial charge in [-0.15, -0.1) is 0 Å². The summed E-state index contributed by atoms with van der Waals surface area (Å²) in [5.74, 6) is 1.23. The van der Waals surface area contributed by atoms with Crippen LogP contribution in [0.25, 0.3) is 10.8 Å². The second kappa shape index (κ2) is 5.58. The molecule has 0 aliphatic carbocycles. The first-order valence-corrected chi connectivity index (χ1v) is 8.02. The van der Waals surface area contributed by atoms with Gasteiger partial charge in [0.05, 0.1) is 0 Å². The molecule has 0 fully saturated rings. The van der Waals surface area contributed by atoms with E-state index in [0.717, 1.165) is 21.0 Å². The topological polar surface area (TPSA) is 29.5 Å². The normalized spacial score (nSPS) is 10.7. The Balaban J connectivity index is 2.02. The first-order chi connectivity index (χ1) is 9.78. The van der Waals surface area contributed by atoms with Crippen molar-refractivity contribution >= 4 is 34.7 Å². The zero-order valence-corrected chi connectivity index (χ0v) is 12.8. The molecule has 0 unspecified atom stereocenters. The van der Waals surface area contributed by atoms with E-state index in [1.54, 1.807) is 13.2 Å². The van der Waals surface area contributed by atoms with Crippen LogP contribution in [0.2, 0.25) is 0 Å². The molecule has 0 aromatic heterocycles. The Kier molecular flexibility index (Phi) is 3.64. The molecule has 3 rings (SSSR count). The number of ether oxygens (including phenoxy) is 1. The van der Waals surface area contributed by atoms with Crippen molar-refractivity contribution in [2.24, 2.45) is 0 Å². The SMILES string of the molecule is COc1ccc([Se]c2c(O)ccc3ccccc23)cc1. The second-order valence-electron chi connectivity index (χ2n) is 4.41. The second-order valence-corrected chi connectivity index (χ2v) is 6.69. The molecule has 20 heavy (non-hydrogen) atoms. The van der Waals surface area contributed by atoms with Crippen LogP contribution in [0.1, 0.15) is 0 Å². The third-order valence-corrected chi connectivity index (χ3v) is 5.53. The molecule has 2 nitrogen and oxygen atoms in total. The van der Waals surface area contributed by atoms with Gasteiger partial charge in [0.15, 0.2) is 0 Å². The van der Waals surface area contributed by atoms with Crippen LogP contribution in [0.15, 0.2) is 60.7 Å². The maximum absolute atomic E-state index is 10.2. The van der Waals surface area contributed by atoms with Gasteiger partial charge in [0, 0.05) is 0 Å². The minimum absolute atomic E-state index is 0.0667. The third-order valence-electron chi connectivity index (χ3n) is 3.14. The van der Waals surface area contributed by atoms with Crippen LogP contribution in [-0.4, -0.2) is 27.2 Å². The fraction of sp³-hybridized carbons (Fsp3) is 0.0588. The van der Waals surface area contributed by atoms with Gasteiger partial charge in [-0.05, 0) is 0 Å². The summed E-state index contributed by atoms with van der Waals surface area (Å²) in [4.78, 5) is 0. The molecule has 1 N–H and O–H groups in total. The van der Waals surface area contributed by atoms with Crippen LogP contribution in [-0.2, 0) is 0 Å². The molecule has 3 heteroatoms. The van der Waals surface area contributed by atoms with Gasteiger partial charge in [-0.3, -0.25) is 0 Å². The van der Waals surface area contributed by atoms with Gasteiger partial charge < -0.3 is 0 Å². The average molecular weight is 329 g/mol. The summed E-state index contributed by atoms with van der Waals surface area (Å²) < 4.78 is 7.41. The van der Waals surface area contributed by atoms with Crippen molar-refractivity contribution in [3.63, 3.8) is 0 Å². The molecule has 0 aliphatic heterocycles. The molecule has 0 saturated heterocycles. The molecular weight excluding hydrogens is 315 g/mol. The first kappa shape index (κ1) is 13.0. The van der Waals surface area contributed by atoms with Crippen LogP contribution in [0.3, 0.4) is 0 Å². The molecule has 100 valence electrons. The molecule has 0 aliphatic rings. The monoisotopic (exact) mass is 330 g/mol. The molecule has 0 heterocycles. The van der Waals surface area contributed by atoms with E-state index >= 15 is 0 Å². The van der Waals surface area contributed by atoms with Crippen LogP contribution < -0.4 is 13.7 Å².